The number of anilines is 1. The van der Waals surface area contributed by atoms with Crippen molar-refractivity contribution in [3.8, 4) is 11.5 Å². The SMILES string of the molecule is NCC(O)CNc1nc(-c2cnccn2)nc2sc3c(c12)CCCC3. The molecular weight excluding hydrogens is 336 g/mol. The van der Waals surface area contributed by atoms with Gasteiger partial charge in [-0.25, -0.2) is 15.0 Å². The second-order valence-corrected chi connectivity index (χ2v) is 7.23. The minimum absolute atomic E-state index is 0.208. The minimum Gasteiger partial charge on any atom is -0.390 e. The van der Waals surface area contributed by atoms with Crippen LogP contribution in [0.3, 0.4) is 0 Å². The van der Waals surface area contributed by atoms with Gasteiger partial charge in [-0.15, -0.1) is 11.3 Å². The fourth-order valence-corrected chi connectivity index (χ4v) is 4.37. The molecule has 1 unspecified atom stereocenters. The van der Waals surface area contributed by atoms with E-state index in [4.69, 9.17) is 10.7 Å². The standard InChI is InChI=1S/C17H20N6OS/c18-7-10(24)8-21-16-14-11-3-1-2-4-13(11)25-17(14)23-15(22-16)12-9-19-5-6-20-12/h5-6,9-10,24H,1-4,7-8,18H2,(H,21,22,23). The summed E-state index contributed by atoms with van der Waals surface area (Å²) in [4.78, 5) is 20.2. The van der Waals surface area contributed by atoms with Crippen LogP contribution in [0.1, 0.15) is 23.3 Å². The highest BCUT2D eigenvalue weighted by Crippen LogP contribution is 2.39. The third-order valence-corrected chi connectivity index (χ3v) is 5.57. The molecule has 130 valence electrons. The number of nitrogens with one attached hydrogen (secondary N) is 1. The van der Waals surface area contributed by atoms with Crippen molar-refractivity contribution in [2.45, 2.75) is 31.8 Å². The van der Waals surface area contributed by atoms with Crippen molar-refractivity contribution < 1.29 is 5.11 Å². The van der Waals surface area contributed by atoms with Crippen molar-refractivity contribution in [2.75, 3.05) is 18.4 Å². The van der Waals surface area contributed by atoms with Crippen molar-refractivity contribution >= 4 is 27.4 Å². The molecular formula is C17H20N6OS. The van der Waals surface area contributed by atoms with Crippen LogP contribution in [-0.2, 0) is 12.8 Å². The molecule has 4 rings (SSSR count). The monoisotopic (exact) mass is 356 g/mol. The number of nitrogens with zero attached hydrogens (tertiary/aromatic N) is 4. The average molecular weight is 356 g/mol. The lowest BCUT2D eigenvalue weighted by Crippen LogP contribution is -2.28. The Kier molecular flexibility index (Phi) is 4.56. The molecule has 0 saturated heterocycles. The van der Waals surface area contributed by atoms with Gasteiger partial charge < -0.3 is 16.2 Å². The van der Waals surface area contributed by atoms with E-state index in [1.165, 1.54) is 23.3 Å². The fourth-order valence-electron chi connectivity index (χ4n) is 3.11. The van der Waals surface area contributed by atoms with Gasteiger partial charge in [0.05, 0.1) is 17.7 Å². The highest BCUT2D eigenvalue weighted by atomic mass is 32.1. The summed E-state index contributed by atoms with van der Waals surface area (Å²) in [5.74, 6) is 1.29. The molecule has 25 heavy (non-hydrogen) atoms. The van der Waals surface area contributed by atoms with Gasteiger partial charge in [-0.05, 0) is 31.2 Å². The van der Waals surface area contributed by atoms with Crippen LogP contribution in [-0.4, -0.2) is 44.2 Å². The molecule has 3 aromatic heterocycles. The van der Waals surface area contributed by atoms with Crippen molar-refractivity contribution in [1.82, 2.24) is 19.9 Å². The summed E-state index contributed by atoms with van der Waals surface area (Å²) < 4.78 is 0. The molecule has 0 aromatic carbocycles. The molecule has 3 heterocycles. The van der Waals surface area contributed by atoms with Crippen molar-refractivity contribution in [3.63, 3.8) is 0 Å². The quantitative estimate of drug-likeness (QED) is 0.639. The number of nitrogens with two attached hydrogens (primary N) is 1. The van der Waals surface area contributed by atoms with Gasteiger partial charge in [0.1, 0.15) is 16.3 Å². The van der Waals surface area contributed by atoms with E-state index in [1.54, 1.807) is 29.9 Å². The van der Waals surface area contributed by atoms with Crippen LogP contribution in [0.4, 0.5) is 5.82 Å². The van der Waals surface area contributed by atoms with Gasteiger partial charge in [0.2, 0.25) is 0 Å². The molecule has 3 aromatic rings. The van der Waals surface area contributed by atoms with Gasteiger partial charge in [0, 0.05) is 30.4 Å². The number of hydrogen-bond acceptors (Lipinski definition) is 8. The van der Waals surface area contributed by atoms with E-state index in [9.17, 15) is 5.11 Å². The molecule has 1 atom stereocenters. The number of aliphatic hydroxyl groups is 1. The second-order valence-electron chi connectivity index (χ2n) is 6.15. The van der Waals surface area contributed by atoms with Crippen LogP contribution < -0.4 is 11.1 Å². The first-order chi connectivity index (χ1) is 12.3. The number of rotatable bonds is 5. The van der Waals surface area contributed by atoms with E-state index in [1.807, 2.05) is 0 Å². The van der Waals surface area contributed by atoms with Crippen molar-refractivity contribution in [2.24, 2.45) is 5.73 Å². The third-order valence-electron chi connectivity index (χ3n) is 4.38. The average Bonchev–Trinajstić information content (AvgIpc) is 3.05. The Hall–Kier alpha value is -2.16. The van der Waals surface area contributed by atoms with E-state index in [0.29, 0.717) is 18.1 Å². The summed E-state index contributed by atoms with van der Waals surface area (Å²) in [7, 11) is 0. The number of fused-ring (bicyclic) bond motifs is 3. The van der Waals surface area contributed by atoms with Crippen LogP contribution >= 0.6 is 11.3 Å². The van der Waals surface area contributed by atoms with E-state index in [0.717, 1.165) is 28.9 Å². The van der Waals surface area contributed by atoms with Crippen LogP contribution in [0.2, 0.25) is 0 Å². The third kappa shape index (κ3) is 3.20. The predicted molar refractivity (Wildman–Crippen MR) is 98.6 cm³/mol. The van der Waals surface area contributed by atoms with Gasteiger partial charge in [-0.3, -0.25) is 4.98 Å². The molecule has 8 heteroatoms. The first-order valence-electron chi connectivity index (χ1n) is 8.47. The number of aromatic nitrogens is 4. The lowest BCUT2D eigenvalue weighted by atomic mass is 9.97. The molecule has 0 saturated carbocycles. The first-order valence-corrected chi connectivity index (χ1v) is 9.28. The molecule has 4 N–H and O–H groups in total. The van der Waals surface area contributed by atoms with Crippen molar-refractivity contribution in [1.29, 1.82) is 0 Å². The van der Waals surface area contributed by atoms with Gasteiger partial charge in [0.15, 0.2) is 5.82 Å². The Balaban J connectivity index is 1.83. The summed E-state index contributed by atoms with van der Waals surface area (Å²) >= 11 is 1.74. The van der Waals surface area contributed by atoms with Gasteiger partial charge >= 0.3 is 0 Å². The number of aryl methyl sites for hydroxylation is 2. The fraction of sp³-hybridized carbons (Fsp3) is 0.412. The van der Waals surface area contributed by atoms with Gasteiger partial charge in [-0.2, -0.15) is 0 Å². The Labute approximate surface area is 149 Å². The van der Waals surface area contributed by atoms with Crippen LogP contribution in [0.5, 0.6) is 0 Å². The lowest BCUT2D eigenvalue weighted by molar-refractivity contribution is 0.196. The maximum Gasteiger partial charge on any atom is 0.183 e. The molecule has 0 radical (unpaired) electrons. The Morgan fingerprint density at radius 2 is 2.12 bits per heavy atom. The highest BCUT2D eigenvalue weighted by molar-refractivity contribution is 7.19. The molecule has 1 aliphatic carbocycles. The maximum absolute atomic E-state index is 9.82. The van der Waals surface area contributed by atoms with Crippen molar-refractivity contribution in [3.05, 3.63) is 29.0 Å². The summed E-state index contributed by atoms with van der Waals surface area (Å²) in [6.45, 7) is 0.563. The molecule has 0 fully saturated rings. The molecule has 7 nitrogen and oxygen atoms in total. The van der Waals surface area contributed by atoms with Gasteiger partial charge in [0.25, 0.3) is 0 Å². The Morgan fingerprint density at radius 1 is 1.24 bits per heavy atom. The molecule has 0 spiro atoms. The van der Waals surface area contributed by atoms with E-state index in [2.05, 4.69) is 20.3 Å². The maximum atomic E-state index is 9.82. The summed E-state index contributed by atoms with van der Waals surface area (Å²) in [5.41, 5.74) is 7.51. The van der Waals surface area contributed by atoms with Gasteiger partial charge in [-0.1, -0.05) is 0 Å². The minimum atomic E-state index is -0.612. The summed E-state index contributed by atoms with van der Waals surface area (Å²) in [5, 5.41) is 14.2. The molecule has 0 aliphatic heterocycles. The second kappa shape index (κ2) is 6.99. The number of hydrogen-bond donors (Lipinski definition) is 3. The largest absolute Gasteiger partial charge is 0.390 e. The predicted octanol–water partition coefficient (Wildman–Crippen LogP) is 1.76. The summed E-state index contributed by atoms with van der Waals surface area (Å²) in [6.07, 6.45) is 8.87. The Bertz CT molecular complexity index is 882. The van der Waals surface area contributed by atoms with E-state index < -0.39 is 6.10 Å². The zero-order chi connectivity index (χ0) is 17.2. The lowest BCUT2D eigenvalue weighted by Gasteiger charge is -2.14. The summed E-state index contributed by atoms with van der Waals surface area (Å²) in [6, 6.07) is 0. The zero-order valence-electron chi connectivity index (χ0n) is 13.8. The number of aliphatic hydroxyl groups excluding tert-OH is 1. The Morgan fingerprint density at radius 3 is 2.92 bits per heavy atom. The number of thiophene rings is 1. The highest BCUT2D eigenvalue weighted by Gasteiger charge is 2.22. The first kappa shape index (κ1) is 16.3. The van der Waals surface area contributed by atoms with E-state index in [-0.39, 0.29) is 6.54 Å². The topological polar surface area (TPSA) is 110 Å². The van der Waals surface area contributed by atoms with Crippen LogP contribution in [0.15, 0.2) is 18.6 Å². The normalized spacial score (nSPS) is 15.1. The molecule has 0 bridgehead atoms. The molecule has 1 aliphatic rings. The molecule has 0 amide bonds. The smallest absolute Gasteiger partial charge is 0.183 e. The van der Waals surface area contributed by atoms with E-state index >= 15 is 0 Å². The van der Waals surface area contributed by atoms with Crippen LogP contribution in [0.25, 0.3) is 21.7 Å². The zero-order valence-corrected chi connectivity index (χ0v) is 14.6. The van der Waals surface area contributed by atoms with Crippen LogP contribution in [0, 0.1) is 0 Å².